The van der Waals surface area contributed by atoms with Gasteiger partial charge in [0.05, 0.1) is 0 Å². The number of hydrogen-bond acceptors (Lipinski definition) is 5. The molecule has 0 saturated heterocycles. The average Bonchev–Trinajstić information content (AvgIpc) is 3.14. The van der Waals surface area contributed by atoms with E-state index in [1.165, 1.54) is 16.9 Å². The summed E-state index contributed by atoms with van der Waals surface area (Å²) in [6.07, 6.45) is 1.17. The average molecular weight is 432 g/mol. The summed E-state index contributed by atoms with van der Waals surface area (Å²) in [5.74, 6) is 1.10. The van der Waals surface area contributed by atoms with Crippen LogP contribution in [0.5, 0.6) is 5.75 Å². The minimum atomic E-state index is -0.209. The molecule has 1 aromatic carbocycles. The fraction of sp³-hybridized carbons (Fsp3) is 0.522. The zero-order valence-corrected chi connectivity index (χ0v) is 19.4. The van der Waals surface area contributed by atoms with Crippen LogP contribution in [-0.4, -0.2) is 29.9 Å². The Labute approximate surface area is 183 Å². The van der Waals surface area contributed by atoms with Gasteiger partial charge < -0.3 is 15.4 Å². The van der Waals surface area contributed by atoms with Gasteiger partial charge in [0.2, 0.25) is 5.91 Å². The van der Waals surface area contributed by atoms with E-state index < -0.39 is 0 Å². The van der Waals surface area contributed by atoms with Gasteiger partial charge in [0, 0.05) is 24.9 Å². The number of hydrogen-bond donors (Lipinski definition) is 2. The summed E-state index contributed by atoms with van der Waals surface area (Å²) in [6, 6.07) is 8.03. The van der Waals surface area contributed by atoms with Gasteiger partial charge in [-0.05, 0) is 35.4 Å². The van der Waals surface area contributed by atoms with Crippen LogP contribution in [-0.2, 0) is 11.4 Å². The first-order chi connectivity index (χ1) is 14.1. The molecule has 0 bridgehead atoms. The number of carbonyl (C=O) groups excluding carboxylic acids is 2. The monoisotopic (exact) mass is 431 g/mol. The van der Waals surface area contributed by atoms with Crippen molar-refractivity contribution < 1.29 is 14.3 Å². The molecule has 1 aromatic heterocycles. The van der Waals surface area contributed by atoms with Gasteiger partial charge in [0.25, 0.3) is 5.91 Å². The summed E-state index contributed by atoms with van der Waals surface area (Å²) < 4.78 is 5.77. The van der Waals surface area contributed by atoms with Crippen molar-refractivity contribution in [2.45, 2.75) is 60.0 Å². The molecular formula is C23H33N3O3S. The first-order valence-electron chi connectivity index (χ1n) is 10.4. The highest BCUT2D eigenvalue weighted by atomic mass is 32.1. The fourth-order valence-corrected chi connectivity index (χ4v) is 3.41. The Hall–Kier alpha value is -2.41. The molecule has 6 nitrogen and oxygen atoms in total. The minimum absolute atomic E-state index is 0.0259. The van der Waals surface area contributed by atoms with Gasteiger partial charge in [0.1, 0.15) is 23.1 Å². The maximum atomic E-state index is 12.2. The van der Waals surface area contributed by atoms with Gasteiger partial charge in [-0.15, -0.1) is 11.3 Å². The summed E-state index contributed by atoms with van der Waals surface area (Å²) in [5.41, 5.74) is 1.64. The normalized spacial score (nSPS) is 11.4. The van der Waals surface area contributed by atoms with Crippen molar-refractivity contribution in [1.82, 2.24) is 15.6 Å². The van der Waals surface area contributed by atoms with Crippen LogP contribution >= 0.6 is 11.3 Å². The molecule has 1 heterocycles. The van der Waals surface area contributed by atoms with Gasteiger partial charge in [-0.25, -0.2) is 4.98 Å². The van der Waals surface area contributed by atoms with Crippen LogP contribution < -0.4 is 15.4 Å². The predicted octanol–water partition coefficient (Wildman–Crippen LogP) is 4.52. The van der Waals surface area contributed by atoms with Crippen molar-refractivity contribution in [3.8, 4) is 5.75 Å². The standard InChI is InChI=1S/C23H33N3O3S/c1-16(2)17-7-9-18(10-8-17)29-14-21-26-19(15-30-21)22(28)25-12-6-11-24-20(27)13-23(3,4)5/h7-10,15-16H,6,11-14H2,1-5H3,(H,24,27)(H,25,28). The first-order valence-corrected chi connectivity index (χ1v) is 11.2. The predicted molar refractivity (Wildman–Crippen MR) is 121 cm³/mol. The lowest BCUT2D eigenvalue weighted by Gasteiger charge is -2.17. The summed E-state index contributed by atoms with van der Waals surface area (Å²) in [7, 11) is 0. The lowest BCUT2D eigenvalue weighted by Crippen LogP contribution is -2.31. The molecule has 30 heavy (non-hydrogen) atoms. The molecule has 2 rings (SSSR count). The van der Waals surface area contributed by atoms with E-state index in [2.05, 4.69) is 41.6 Å². The third-order valence-corrected chi connectivity index (χ3v) is 5.17. The second kappa shape index (κ2) is 11.1. The van der Waals surface area contributed by atoms with E-state index in [0.717, 1.165) is 10.8 Å². The second-order valence-corrected chi connectivity index (χ2v) is 9.78. The van der Waals surface area contributed by atoms with Crippen LogP contribution in [0.3, 0.4) is 0 Å². The van der Waals surface area contributed by atoms with Crippen LogP contribution in [0.2, 0.25) is 0 Å². The molecule has 0 aliphatic carbocycles. The summed E-state index contributed by atoms with van der Waals surface area (Å²) >= 11 is 1.40. The van der Waals surface area contributed by atoms with Crippen molar-refractivity contribution in [2.24, 2.45) is 5.41 Å². The van der Waals surface area contributed by atoms with Crippen LogP contribution in [0.25, 0.3) is 0 Å². The Kier molecular flexibility index (Phi) is 8.84. The molecule has 2 N–H and O–H groups in total. The van der Waals surface area contributed by atoms with Gasteiger partial charge in [-0.3, -0.25) is 9.59 Å². The van der Waals surface area contributed by atoms with Crippen LogP contribution in [0, 0.1) is 5.41 Å². The molecule has 0 atom stereocenters. The number of aromatic nitrogens is 1. The number of nitrogens with zero attached hydrogens (tertiary/aromatic N) is 1. The molecule has 0 radical (unpaired) electrons. The fourth-order valence-electron chi connectivity index (χ4n) is 2.73. The molecule has 0 unspecified atom stereocenters. The van der Waals surface area contributed by atoms with Crippen LogP contribution in [0.4, 0.5) is 0 Å². The van der Waals surface area contributed by atoms with E-state index in [4.69, 9.17) is 4.74 Å². The van der Waals surface area contributed by atoms with E-state index in [-0.39, 0.29) is 17.2 Å². The summed E-state index contributed by atoms with van der Waals surface area (Å²) in [5, 5.41) is 8.21. The van der Waals surface area contributed by atoms with Crippen molar-refractivity contribution >= 4 is 23.2 Å². The Morgan fingerprint density at radius 3 is 2.40 bits per heavy atom. The third-order valence-electron chi connectivity index (χ3n) is 4.35. The number of amides is 2. The van der Waals surface area contributed by atoms with E-state index >= 15 is 0 Å². The molecule has 0 aliphatic rings. The molecule has 0 aliphatic heterocycles. The van der Waals surface area contributed by atoms with E-state index in [1.807, 2.05) is 32.9 Å². The molecule has 164 valence electrons. The first kappa shape index (κ1) is 23.9. The number of ether oxygens (including phenoxy) is 1. The maximum Gasteiger partial charge on any atom is 0.270 e. The van der Waals surface area contributed by atoms with E-state index in [9.17, 15) is 9.59 Å². The van der Waals surface area contributed by atoms with E-state index in [0.29, 0.717) is 44.1 Å². The molecule has 0 spiro atoms. The quantitative estimate of drug-likeness (QED) is 0.542. The number of rotatable bonds is 10. The Morgan fingerprint density at radius 2 is 1.77 bits per heavy atom. The van der Waals surface area contributed by atoms with Gasteiger partial charge >= 0.3 is 0 Å². The molecule has 2 amide bonds. The Balaban J connectivity index is 1.68. The number of carbonyl (C=O) groups is 2. The van der Waals surface area contributed by atoms with Crippen LogP contribution in [0.15, 0.2) is 29.6 Å². The number of thiazole rings is 1. The molecule has 0 fully saturated rings. The van der Waals surface area contributed by atoms with Crippen molar-refractivity contribution in [1.29, 1.82) is 0 Å². The number of benzene rings is 1. The zero-order valence-electron chi connectivity index (χ0n) is 18.6. The highest BCUT2D eigenvalue weighted by molar-refractivity contribution is 7.09. The topological polar surface area (TPSA) is 80.3 Å². The van der Waals surface area contributed by atoms with Crippen molar-refractivity contribution in [3.63, 3.8) is 0 Å². The van der Waals surface area contributed by atoms with Crippen molar-refractivity contribution in [2.75, 3.05) is 13.1 Å². The summed E-state index contributed by atoms with van der Waals surface area (Å²) in [6.45, 7) is 11.8. The Morgan fingerprint density at radius 1 is 1.10 bits per heavy atom. The molecule has 7 heteroatoms. The third kappa shape index (κ3) is 8.53. The van der Waals surface area contributed by atoms with Gasteiger partial charge in [0.15, 0.2) is 0 Å². The molecular weight excluding hydrogens is 398 g/mol. The maximum absolute atomic E-state index is 12.2. The highest BCUT2D eigenvalue weighted by Gasteiger charge is 2.15. The van der Waals surface area contributed by atoms with E-state index in [1.54, 1.807) is 5.38 Å². The minimum Gasteiger partial charge on any atom is -0.486 e. The smallest absolute Gasteiger partial charge is 0.270 e. The molecule has 2 aromatic rings. The lowest BCUT2D eigenvalue weighted by atomic mass is 9.92. The largest absolute Gasteiger partial charge is 0.486 e. The Bertz CT molecular complexity index is 823. The summed E-state index contributed by atoms with van der Waals surface area (Å²) in [4.78, 5) is 28.3. The second-order valence-electron chi connectivity index (χ2n) is 8.84. The lowest BCUT2D eigenvalue weighted by molar-refractivity contribution is -0.122. The van der Waals surface area contributed by atoms with Gasteiger partial charge in [-0.2, -0.15) is 0 Å². The SMILES string of the molecule is CC(C)c1ccc(OCc2nc(C(=O)NCCCNC(=O)CC(C)(C)C)cs2)cc1. The molecule has 0 saturated carbocycles. The van der Waals surface area contributed by atoms with Gasteiger partial charge in [-0.1, -0.05) is 46.8 Å². The van der Waals surface area contributed by atoms with Crippen LogP contribution in [0.1, 0.15) is 74.4 Å². The zero-order chi connectivity index (χ0) is 22.1. The number of nitrogens with one attached hydrogen (secondary N) is 2. The van der Waals surface area contributed by atoms with Crippen molar-refractivity contribution in [3.05, 3.63) is 45.9 Å². The highest BCUT2D eigenvalue weighted by Crippen LogP contribution is 2.20.